The number of nitrogens with zero attached hydrogens (tertiary/aromatic N) is 1. The van der Waals surface area contributed by atoms with Gasteiger partial charge in [-0.2, -0.15) is 0 Å². The fourth-order valence-corrected chi connectivity index (χ4v) is 6.63. The number of hydrogen-bond donors (Lipinski definition) is 1. The number of likely N-dealkylation sites (tertiary alicyclic amines) is 1. The predicted octanol–water partition coefficient (Wildman–Crippen LogP) is 6.15. The van der Waals surface area contributed by atoms with Gasteiger partial charge in [0.15, 0.2) is 0 Å². The molecule has 1 aliphatic carbocycles. The van der Waals surface area contributed by atoms with E-state index in [-0.39, 0.29) is 17.9 Å². The summed E-state index contributed by atoms with van der Waals surface area (Å²) < 4.78 is 7.37. The number of amides is 1. The van der Waals surface area contributed by atoms with E-state index in [0.717, 1.165) is 41.5 Å². The van der Waals surface area contributed by atoms with E-state index in [2.05, 4.69) is 12.2 Å². The second-order valence-corrected chi connectivity index (χ2v) is 10.4. The smallest absolute Gasteiger partial charge is 0.232 e. The molecule has 1 saturated carbocycles. The molecule has 0 spiro atoms. The van der Waals surface area contributed by atoms with Crippen LogP contribution in [0, 0.1) is 0 Å². The summed E-state index contributed by atoms with van der Waals surface area (Å²) in [7, 11) is 0. The van der Waals surface area contributed by atoms with E-state index in [0.29, 0.717) is 0 Å². The highest BCUT2D eigenvalue weighted by Crippen LogP contribution is 2.44. The summed E-state index contributed by atoms with van der Waals surface area (Å²) in [5.41, 5.74) is 1.94. The van der Waals surface area contributed by atoms with Gasteiger partial charge in [0.2, 0.25) is 5.91 Å². The minimum atomic E-state index is -0.302. The molecule has 2 aromatic carbocycles. The van der Waals surface area contributed by atoms with Crippen molar-refractivity contribution in [1.29, 1.82) is 0 Å². The number of piperidine rings is 1. The van der Waals surface area contributed by atoms with Gasteiger partial charge in [0, 0.05) is 30.0 Å². The molecule has 4 heteroatoms. The highest BCUT2D eigenvalue weighted by Gasteiger charge is 2.40. The molecule has 2 aromatic rings. The summed E-state index contributed by atoms with van der Waals surface area (Å²) in [5.74, 6) is 1.41. The summed E-state index contributed by atoms with van der Waals surface area (Å²) >= 11 is 0. The summed E-state index contributed by atoms with van der Waals surface area (Å²) in [6.07, 6.45) is 12.0. The lowest BCUT2D eigenvalue weighted by molar-refractivity contribution is -0.954. The Morgan fingerprint density at radius 2 is 1.39 bits per heavy atom. The van der Waals surface area contributed by atoms with E-state index in [1.807, 2.05) is 48.5 Å². The van der Waals surface area contributed by atoms with Gasteiger partial charge in [-0.3, -0.25) is 4.79 Å². The molecule has 2 heterocycles. The normalized spacial score (nSPS) is 26.3. The van der Waals surface area contributed by atoms with Gasteiger partial charge in [-0.25, -0.2) is 0 Å². The molecule has 0 atom stereocenters. The number of nitrogens with one attached hydrogen (secondary N) is 1. The topological polar surface area (TPSA) is 38.3 Å². The fraction of sp³-hybridized carbons (Fsp3) is 0.552. The maximum Gasteiger partial charge on any atom is 0.232 e. The van der Waals surface area contributed by atoms with Crippen molar-refractivity contribution in [2.75, 3.05) is 19.6 Å². The predicted molar refractivity (Wildman–Crippen MR) is 133 cm³/mol. The van der Waals surface area contributed by atoms with Crippen molar-refractivity contribution < 1.29 is 14.0 Å². The van der Waals surface area contributed by atoms with Crippen molar-refractivity contribution >= 4 is 5.91 Å². The molecular formula is C29H39N2O2+. The van der Waals surface area contributed by atoms with Crippen molar-refractivity contribution in [3.63, 3.8) is 0 Å². The van der Waals surface area contributed by atoms with Crippen LogP contribution in [0.25, 0.3) is 0 Å². The first-order valence-electron chi connectivity index (χ1n) is 13.2. The summed E-state index contributed by atoms with van der Waals surface area (Å²) in [6, 6.07) is 17.0. The summed E-state index contributed by atoms with van der Waals surface area (Å²) in [6.45, 7) is 6.01. The van der Waals surface area contributed by atoms with Gasteiger partial charge < -0.3 is 14.5 Å². The number of carbonyl (C=O) groups is 1. The first-order valence-corrected chi connectivity index (χ1v) is 13.2. The standard InChI is InChI=1S/C29H38N2O2/c1-2-31(23-12-6-4-3-5-7-13-23)20-18-22(19-21-31)30-29(32)28-24-14-8-10-16-26(24)33-27-17-11-9-15-25(27)28/h8-11,14-17,22-23,28H,2-7,12-13,18-21H2,1H3/p+1. The van der Waals surface area contributed by atoms with Crippen molar-refractivity contribution in [3.05, 3.63) is 59.7 Å². The van der Waals surface area contributed by atoms with Crippen LogP contribution in [0.15, 0.2) is 48.5 Å². The molecule has 0 bridgehead atoms. The van der Waals surface area contributed by atoms with E-state index >= 15 is 0 Å². The Balaban J connectivity index is 1.28. The maximum atomic E-state index is 13.6. The molecule has 0 radical (unpaired) electrons. The number of para-hydroxylation sites is 2. The van der Waals surface area contributed by atoms with E-state index in [4.69, 9.17) is 4.74 Å². The molecule has 1 N–H and O–H groups in total. The quantitative estimate of drug-likeness (QED) is 0.571. The second kappa shape index (κ2) is 9.89. The van der Waals surface area contributed by atoms with Gasteiger partial charge in [-0.1, -0.05) is 55.7 Å². The Hall–Kier alpha value is -2.33. The van der Waals surface area contributed by atoms with Crippen LogP contribution in [-0.2, 0) is 4.79 Å². The lowest BCUT2D eigenvalue weighted by atomic mass is 9.86. The van der Waals surface area contributed by atoms with Crippen molar-refractivity contribution in [3.8, 4) is 11.5 Å². The molecule has 2 aliphatic heterocycles. The van der Waals surface area contributed by atoms with Crippen molar-refractivity contribution in [2.45, 2.75) is 82.7 Å². The van der Waals surface area contributed by atoms with E-state index < -0.39 is 0 Å². The molecule has 176 valence electrons. The molecule has 5 rings (SSSR count). The molecule has 4 nitrogen and oxygen atoms in total. The number of benzene rings is 2. The SMILES string of the molecule is CC[N+]1(C2CCCCCCC2)CCC(NC(=O)C2c3ccccc3Oc3ccccc32)CC1. The van der Waals surface area contributed by atoms with Gasteiger partial charge >= 0.3 is 0 Å². The third-order valence-corrected chi connectivity index (χ3v) is 8.61. The number of quaternary nitrogens is 1. The minimum Gasteiger partial charge on any atom is -0.457 e. The fourth-order valence-electron chi connectivity index (χ4n) is 6.63. The zero-order valence-corrected chi connectivity index (χ0v) is 20.1. The number of hydrogen-bond acceptors (Lipinski definition) is 2. The molecule has 2 fully saturated rings. The molecule has 3 aliphatic rings. The third kappa shape index (κ3) is 4.55. The minimum absolute atomic E-state index is 0.116. The van der Waals surface area contributed by atoms with Crippen LogP contribution >= 0.6 is 0 Å². The maximum absolute atomic E-state index is 13.6. The Kier molecular flexibility index (Phi) is 6.73. The molecule has 0 aromatic heterocycles. The second-order valence-electron chi connectivity index (χ2n) is 10.4. The Bertz CT molecular complexity index is 910. The van der Waals surface area contributed by atoms with Crippen molar-refractivity contribution in [2.24, 2.45) is 0 Å². The average molecular weight is 448 g/mol. The van der Waals surface area contributed by atoms with Crippen LogP contribution in [0.1, 0.15) is 81.8 Å². The van der Waals surface area contributed by atoms with Gasteiger partial charge in [-0.05, 0) is 44.7 Å². The number of fused-ring (bicyclic) bond motifs is 2. The number of carbonyl (C=O) groups excluding carboxylic acids is 1. The zero-order valence-electron chi connectivity index (χ0n) is 20.1. The lowest BCUT2D eigenvalue weighted by Crippen LogP contribution is -2.61. The average Bonchev–Trinajstić information content (AvgIpc) is 2.83. The Morgan fingerprint density at radius 1 is 0.848 bits per heavy atom. The first kappa shape index (κ1) is 22.5. The molecule has 1 amide bonds. The molecular weight excluding hydrogens is 408 g/mol. The van der Waals surface area contributed by atoms with E-state index in [1.54, 1.807) is 0 Å². The highest BCUT2D eigenvalue weighted by atomic mass is 16.5. The Morgan fingerprint density at radius 3 is 1.97 bits per heavy atom. The molecule has 1 saturated heterocycles. The molecule has 33 heavy (non-hydrogen) atoms. The van der Waals surface area contributed by atoms with Crippen LogP contribution in [0.4, 0.5) is 0 Å². The van der Waals surface area contributed by atoms with Crippen molar-refractivity contribution in [1.82, 2.24) is 5.32 Å². The van der Waals surface area contributed by atoms with Crippen LogP contribution in [-0.4, -0.2) is 42.1 Å². The number of rotatable bonds is 4. The van der Waals surface area contributed by atoms with E-state index in [9.17, 15) is 4.79 Å². The first-order chi connectivity index (χ1) is 16.2. The van der Waals surface area contributed by atoms with Gasteiger partial charge in [0.25, 0.3) is 0 Å². The van der Waals surface area contributed by atoms with Crippen LogP contribution in [0.5, 0.6) is 11.5 Å². The monoisotopic (exact) mass is 447 g/mol. The zero-order chi connectivity index (χ0) is 22.7. The van der Waals surface area contributed by atoms with Crippen LogP contribution in [0.3, 0.4) is 0 Å². The largest absolute Gasteiger partial charge is 0.457 e. The Labute approximate surface area is 198 Å². The van der Waals surface area contributed by atoms with Crippen LogP contribution in [0.2, 0.25) is 0 Å². The lowest BCUT2D eigenvalue weighted by Gasteiger charge is -2.49. The number of ether oxygens (including phenoxy) is 1. The highest BCUT2D eigenvalue weighted by molar-refractivity contribution is 5.89. The van der Waals surface area contributed by atoms with E-state index in [1.165, 1.54) is 69.1 Å². The third-order valence-electron chi connectivity index (χ3n) is 8.61. The van der Waals surface area contributed by atoms with Gasteiger partial charge in [0.1, 0.15) is 11.5 Å². The summed E-state index contributed by atoms with van der Waals surface area (Å²) in [5, 5.41) is 3.45. The summed E-state index contributed by atoms with van der Waals surface area (Å²) in [4.78, 5) is 13.6. The van der Waals surface area contributed by atoms with Crippen LogP contribution < -0.4 is 10.1 Å². The molecule has 0 unspecified atom stereocenters. The van der Waals surface area contributed by atoms with Gasteiger partial charge in [0.05, 0.1) is 31.6 Å². The van der Waals surface area contributed by atoms with Gasteiger partial charge in [-0.15, -0.1) is 0 Å².